The monoisotopic (exact) mass is 433 g/mol. The highest BCUT2D eigenvalue weighted by Gasteiger charge is 2.20. The highest BCUT2D eigenvalue weighted by Crippen LogP contribution is 2.31. The van der Waals surface area contributed by atoms with E-state index in [1.165, 1.54) is 6.42 Å². The molecule has 0 saturated carbocycles. The minimum absolute atomic E-state index is 0. The van der Waals surface area contributed by atoms with Crippen molar-refractivity contribution < 1.29 is 4.79 Å². The zero-order valence-electron chi connectivity index (χ0n) is 15.4. The topological polar surface area (TPSA) is 85.8 Å². The van der Waals surface area contributed by atoms with Gasteiger partial charge in [-0.15, -0.1) is 35.0 Å². The molecule has 1 aliphatic heterocycles. The molecule has 2 aromatic rings. The van der Waals surface area contributed by atoms with E-state index in [-0.39, 0.29) is 42.7 Å². The van der Waals surface area contributed by atoms with E-state index < -0.39 is 0 Å². The van der Waals surface area contributed by atoms with Gasteiger partial charge in [0.05, 0.1) is 10.9 Å². The van der Waals surface area contributed by atoms with Crippen LogP contribution in [0.25, 0.3) is 11.4 Å². The van der Waals surface area contributed by atoms with Crippen molar-refractivity contribution in [2.24, 2.45) is 11.7 Å². The maximum absolute atomic E-state index is 12.3. The third-order valence-electron chi connectivity index (χ3n) is 4.79. The highest BCUT2D eigenvalue weighted by atomic mass is 35.5. The van der Waals surface area contributed by atoms with Crippen molar-refractivity contribution in [2.75, 3.05) is 5.32 Å². The van der Waals surface area contributed by atoms with Crippen LogP contribution in [0.2, 0.25) is 5.02 Å². The van der Waals surface area contributed by atoms with E-state index in [0.717, 1.165) is 43.0 Å². The van der Waals surface area contributed by atoms with Gasteiger partial charge in [-0.2, -0.15) is 0 Å². The quantitative estimate of drug-likeness (QED) is 0.759. The number of anilines is 1. The van der Waals surface area contributed by atoms with Crippen molar-refractivity contribution in [1.29, 1.82) is 0 Å². The smallest absolute Gasteiger partial charge is 0.228 e. The second kappa shape index (κ2) is 10.3. The minimum Gasteiger partial charge on any atom is -0.327 e. The summed E-state index contributed by atoms with van der Waals surface area (Å²) in [5.74, 6) is 1.38. The van der Waals surface area contributed by atoms with Gasteiger partial charge in [-0.3, -0.25) is 4.79 Å². The number of halogens is 3. The standard InChI is InChI=1S/C18H24ClN5O.2ClH/c1-11(12(2)20)18(25)21-13-7-8-15(19)14(10-13)17-23-22-16-6-4-3-5-9-24(16)17;;/h7-8,10-12H,3-6,9,20H2,1-2H3,(H,21,25);2*1H. The van der Waals surface area contributed by atoms with E-state index in [0.29, 0.717) is 10.7 Å². The molecule has 2 unspecified atom stereocenters. The van der Waals surface area contributed by atoms with Gasteiger partial charge in [-0.25, -0.2) is 0 Å². The number of rotatable bonds is 4. The van der Waals surface area contributed by atoms with Crippen LogP contribution >= 0.6 is 36.4 Å². The van der Waals surface area contributed by atoms with E-state index in [9.17, 15) is 4.79 Å². The average molecular weight is 435 g/mol. The van der Waals surface area contributed by atoms with E-state index >= 15 is 0 Å². The normalized spacial score (nSPS) is 15.4. The average Bonchev–Trinajstić information content (AvgIpc) is 2.83. The molecule has 0 spiro atoms. The van der Waals surface area contributed by atoms with E-state index in [4.69, 9.17) is 17.3 Å². The summed E-state index contributed by atoms with van der Waals surface area (Å²) in [5.41, 5.74) is 7.28. The molecule has 2 heterocycles. The number of aromatic nitrogens is 3. The Hall–Kier alpha value is -1.34. The third kappa shape index (κ3) is 5.35. The molecule has 0 fully saturated rings. The predicted octanol–water partition coefficient (Wildman–Crippen LogP) is 4.09. The van der Waals surface area contributed by atoms with Gasteiger partial charge < -0.3 is 15.6 Å². The number of fused-ring (bicyclic) bond motifs is 1. The van der Waals surface area contributed by atoms with Gasteiger partial charge in [-0.1, -0.05) is 24.9 Å². The van der Waals surface area contributed by atoms with Crippen LogP contribution in [-0.2, 0) is 17.8 Å². The minimum atomic E-state index is -0.275. The van der Waals surface area contributed by atoms with Crippen LogP contribution in [0.1, 0.15) is 38.9 Å². The molecule has 0 saturated heterocycles. The third-order valence-corrected chi connectivity index (χ3v) is 5.12. The fourth-order valence-electron chi connectivity index (χ4n) is 2.95. The summed E-state index contributed by atoms with van der Waals surface area (Å²) < 4.78 is 2.14. The second-order valence-corrected chi connectivity index (χ2v) is 7.14. The highest BCUT2D eigenvalue weighted by molar-refractivity contribution is 6.33. The Bertz CT molecular complexity index is 778. The van der Waals surface area contributed by atoms with Crippen molar-refractivity contribution in [3.8, 4) is 11.4 Å². The summed E-state index contributed by atoms with van der Waals surface area (Å²) in [6.45, 7) is 4.53. The van der Waals surface area contributed by atoms with Crippen LogP contribution in [0.5, 0.6) is 0 Å². The molecule has 9 heteroatoms. The van der Waals surface area contributed by atoms with Crippen LogP contribution in [0.3, 0.4) is 0 Å². The lowest BCUT2D eigenvalue weighted by Crippen LogP contribution is -2.34. The number of carbonyl (C=O) groups excluding carboxylic acids is 1. The summed E-state index contributed by atoms with van der Waals surface area (Å²) in [6, 6.07) is 5.22. The van der Waals surface area contributed by atoms with Gasteiger partial charge in [0.25, 0.3) is 0 Å². The van der Waals surface area contributed by atoms with E-state index in [1.54, 1.807) is 12.1 Å². The van der Waals surface area contributed by atoms with Crippen molar-refractivity contribution in [3.63, 3.8) is 0 Å². The lowest BCUT2D eigenvalue weighted by Gasteiger charge is -2.16. The zero-order chi connectivity index (χ0) is 18.0. The van der Waals surface area contributed by atoms with Crippen LogP contribution in [0.4, 0.5) is 5.69 Å². The van der Waals surface area contributed by atoms with E-state index in [1.807, 2.05) is 19.9 Å². The van der Waals surface area contributed by atoms with Crippen LogP contribution in [-0.4, -0.2) is 26.7 Å². The molecule has 3 N–H and O–H groups in total. The van der Waals surface area contributed by atoms with Gasteiger partial charge in [0, 0.05) is 30.3 Å². The molecule has 1 aromatic heterocycles. The molecule has 1 aliphatic rings. The van der Waals surface area contributed by atoms with Gasteiger partial charge in [-0.05, 0) is 38.0 Å². The Balaban J connectivity index is 0.00000182. The number of nitrogens with two attached hydrogens (primary N) is 1. The molecule has 2 atom stereocenters. The summed E-state index contributed by atoms with van der Waals surface area (Å²) in [6.07, 6.45) is 4.38. The van der Waals surface area contributed by atoms with Crippen molar-refractivity contribution in [1.82, 2.24) is 14.8 Å². The van der Waals surface area contributed by atoms with Crippen LogP contribution in [0.15, 0.2) is 18.2 Å². The fraction of sp³-hybridized carbons (Fsp3) is 0.500. The van der Waals surface area contributed by atoms with Crippen molar-refractivity contribution >= 4 is 48.0 Å². The van der Waals surface area contributed by atoms with Crippen LogP contribution < -0.4 is 11.1 Å². The molecule has 150 valence electrons. The lowest BCUT2D eigenvalue weighted by atomic mass is 10.0. The number of hydrogen-bond donors (Lipinski definition) is 2. The number of benzene rings is 1. The van der Waals surface area contributed by atoms with Gasteiger partial charge in [0.2, 0.25) is 5.91 Å². The molecule has 0 radical (unpaired) electrons. The Morgan fingerprint density at radius 2 is 1.96 bits per heavy atom. The molecule has 0 bridgehead atoms. The van der Waals surface area contributed by atoms with Crippen LogP contribution in [0, 0.1) is 5.92 Å². The number of carbonyl (C=O) groups is 1. The zero-order valence-corrected chi connectivity index (χ0v) is 17.8. The summed E-state index contributed by atoms with van der Waals surface area (Å²) in [7, 11) is 0. The maximum atomic E-state index is 12.3. The van der Waals surface area contributed by atoms with Crippen molar-refractivity contribution in [2.45, 2.75) is 52.1 Å². The molecular formula is C18H26Cl3N5O. The Morgan fingerprint density at radius 3 is 2.67 bits per heavy atom. The second-order valence-electron chi connectivity index (χ2n) is 6.73. The molecular weight excluding hydrogens is 409 g/mol. The number of nitrogens with one attached hydrogen (secondary N) is 1. The number of amides is 1. The molecule has 27 heavy (non-hydrogen) atoms. The molecule has 1 aromatic carbocycles. The lowest BCUT2D eigenvalue weighted by molar-refractivity contribution is -0.119. The summed E-state index contributed by atoms with van der Waals surface area (Å²) in [5, 5.41) is 12.2. The first-order valence-corrected chi connectivity index (χ1v) is 9.13. The predicted molar refractivity (Wildman–Crippen MR) is 114 cm³/mol. The summed E-state index contributed by atoms with van der Waals surface area (Å²) >= 11 is 6.41. The number of aryl methyl sites for hydroxylation is 1. The Kier molecular flexibility index (Phi) is 9.02. The Labute approximate surface area is 177 Å². The molecule has 6 nitrogen and oxygen atoms in total. The first kappa shape index (κ1) is 23.7. The summed E-state index contributed by atoms with van der Waals surface area (Å²) in [4.78, 5) is 12.3. The van der Waals surface area contributed by atoms with Crippen molar-refractivity contribution in [3.05, 3.63) is 29.0 Å². The van der Waals surface area contributed by atoms with Gasteiger partial charge in [0.15, 0.2) is 5.82 Å². The van der Waals surface area contributed by atoms with Gasteiger partial charge >= 0.3 is 0 Å². The number of nitrogens with zero attached hydrogens (tertiary/aromatic N) is 3. The fourth-order valence-corrected chi connectivity index (χ4v) is 3.16. The first-order valence-electron chi connectivity index (χ1n) is 8.76. The van der Waals surface area contributed by atoms with E-state index in [2.05, 4.69) is 20.1 Å². The van der Waals surface area contributed by atoms with Gasteiger partial charge in [0.1, 0.15) is 5.82 Å². The molecule has 0 aliphatic carbocycles. The molecule has 3 rings (SSSR count). The largest absolute Gasteiger partial charge is 0.327 e. The number of hydrogen-bond acceptors (Lipinski definition) is 4. The first-order chi connectivity index (χ1) is 12.0. The molecule has 1 amide bonds. The Morgan fingerprint density at radius 1 is 1.22 bits per heavy atom. The maximum Gasteiger partial charge on any atom is 0.228 e. The SMILES string of the molecule is CC(N)C(C)C(=O)Nc1ccc(Cl)c(-c2nnc3n2CCCCC3)c1.Cl.Cl.